The van der Waals surface area contributed by atoms with Gasteiger partial charge in [0.1, 0.15) is 12.4 Å². The van der Waals surface area contributed by atoms with Gasteiger partial charge in [-0.25, -0.2) is 19.2 Å². The Hall–Kier alpha value is -3.97. The normalized spacial score (nSPS) is 13.2. The minimum atomic E-state index is -4.45. The Labute approximate surface area is 178 Å². The molecule has 0 bridgehead atoms. The van der Waals surface area contributed by atoms with Crippen LogP contribution in [0.2, 0.25) is 0 Å². The van der Waals surface area contributed by atoms with Crippen molar-refractivity contribution in [1.29, 1.82) is 5.41 Å². The predicted octanol–water partition coefficient (Wildman–Crippen LogP) is 2.16. The molecule has 2 heterocycles. The number of nitrogens with zero attached hydrogens (tertiary/aromatic N) is 4. The SMILES string of the molecule is N=C(N)NC(=O)OCc1cccc(-c2cnc(N3CC(=NOCC(F)(F)F)C3)nc2)c1F. The van der Waals surface area contributed by atoms with Gasteiger partial charge in [-0.3, -0.25) is 10.7 Å². The van der Waals surface area contributed by atoms with Crippen molar-refractivity contribution in [2.45, 2.75) is 12.8 Å². The molecule has 1 saturated heterocycles. The van der Waals surface area contributed by atoms with Crippen molar-refractivity contribution in [3.05, 3.63) is 42.0 Å². The van der Waals surface area contributed by atoms with Crippen LogP contribution in [-0.4, -0.2) is 53.6 Å². The minimum absolute atomic E-state index is 0.0905. The van der Waals surface area contributed by atoms with Crippen LogP contribution in [0, 0.1) is 11.2 Å². The molecule has 1 aliphatic heterocycles. The van der Waals surface area contributed by atoms with Gasteiger partial charge in [-0.1, -0.05) is 23.4 Å². The fourth-order valence-corrected chi connectivity index (χ4v) is 2.62. The number of oxime groups is 1. The third kappa shape index (κ3) is 6.02. The van der Waals surface area contributed by atoms with Crippen LogP contribution in [0.1, 0.15) is 5.56 Å². The molecule has 1 fully saturated rings. The Balaban J connectivity index is 1.60. The lowest BCUT2D eigenvalue weighted by molar-refractivity contribution is -0.173. The number of alkyl carbamates (subject to hydrolysis) is 1. The number of anilines is 1. The van der Waals surface area contributed by atoms with Gasteiger partial charge in [0, 0.05) is 29.1 Å². The van der Waals surface area contributed by atoms with E-state index in [1.807, 2.05) is 5.32 Å². The summed E-state index contributed by atoms with van der Waals surface area (Å²) in [6, 6.07) is 4.49. The maximum absolute atomic E-state index is 14.8. The highest BCUT2D eigenvalue weighted by Gasteiger charge is 2.30. The van der Waals surface area contributed by atoms with Crippen LogP contribution < -0.4 is 16.0 Å². The van der Waals surface area contributed by atoms with E-state index in [1.54, 1.807) is 11.0 Å². The van der Waals surface area contributed by atoms with E-state index >= 15 is 0 Å². The van der Waals surface area contributed by atoms with Crippen LogP contribution in [0.25, 0.3) is 11.1 Å². The number of amides is 1. The Kier molecular flexibility index (Phi) is 6.70. The third-order valence-corrected chi connectivity index (χ3v) is 4.07. The zero-order chi connectivity index (χ0) is 23.3. The number of ether oxygens (including phenoxy) is 1. The quantitative estimate of drug-likeness (QED) is 0.263. The number of nitrogens with two attached hydrogens (primary N) is 1. The van der Waals surface area contributed by atoms with E-state index in [1.165, 1.54) is 24.5 Å². The number of hydrogen-bond acceptors (Lipinski definition) is 8. The summed E-state index contributed by atoms with van der Waals surface area (Å²) in [5, 5.41) is 12.3. The van der Waals surface area contributed by atoms with Crippen molar-refractivity contribution in [3.63, 3.8) is 0 Å². The van der Waals surface area contributed by atoms with Crippen molar-refractivity contribution >= 4 is 23.7 Å². The maximum atomic E-state index is 14.8. The Morgan fingerprint density at radius 3 is 2.59 bits per heavy atom. The van der Waals surface area contributed by atoms with Crippen molar-refractivity contribution in [1.82, 2.24) is 15.3 Å². The van der Waals surface area contributed by atoms with Gasteiger partial charge < -0.3 is 20.2 Å². The van der Waals surface area contributed by atoms with Gasteiger partial charge in [0.05, 0.1) is 18.8 Å². The Morgan fingerprint density at radius 1 is 1.28 bits per heavy atom. The summed E-state index contributed by atoms with van der Waals surface area (Å²) in [5.74, 6) is -0.945. The second-order valence-electron chi connectivity index (χ2n) is 6.57. The first-order chi connectivity index (χ1) is 15.1. The summed E-state index contributed by atoms with van der Waals surface area (Å²) in [6.07, 6.45) is -2.66. The van der Waals surface area contributed by atoms with Gasteiger partial charge >= 0.3 is 12.3 Å². The fourth-order valence-electron chi connectivity index (χ4n) is 2.62. The molecule has 1 aromatic carbocycles. The summed E-state index contributed by atoms with van der Waals surface area (Å²) in [4.78, 5) is 25.6. The zero-order valence-corrected chi connectivity index (χ0v) is 16.3. The molecule has 2 aromatic rings. The van der Waals surface area contributed by atoms with Gasteiger partial charge in [-0.05, 0) is 0 Å². The summed E-state index contributed by atoms with van der Waals surface area (Å²) in [5.41, 5.74) is 6.05. The molecule has 0 radical (unpaired) electrons. The lowest BCUT2D eigenvalue weighted by atomic mass is 10.1. The average Bonchev–Trinajstić information content (AvgIpc) is 2.68. The van der Waals surface area contributed by atoms with Crippen LogP contribution in [0.5, 0.6) is 0 Å². The highest BCUT2D eigenvalue weighted by atomic mass is 19.4. The predicted molar refractivity (Wildman–Crippen MR) is 104 cm³/mol. The molecule has 170 valence electrons. The van der Waals surface area contributed by atoms with Crippen LogP contribution in [0.15, 0.2) is 35.7 Å². The molecular formula is C18H17F4N7O3. The summed E-state index contributed by atoms with van der Waals surface area (Å²) >= 11 is 0. The van der Waals surface area contributed by atoms with Crippen molar-refractivity contribution in [2.24, 2.45) is 10.9 Å². The molecule has 0 unspecified atom stereocenters. The smallest absolute Gasteiger partial charge is 0.425 e. The molecule has 1 aromatic heterocycles. The first kappa shape index (κ1) is 22.7. The number of aromatic nitrogens is 2. The van der Waals surface area contributed by atoms with Crippen LogP contribution in [0.4, 0.5) is 28.3 Å². The molecule has 1 amide bonds. The minimum Gasteiger partial charge on any atom is -0.444 e. The Bertz CT molecular complexity index is 1020. The van der Waals surface area contributed by atoms with Crippen molar-refractivity contribution in [3.8, 4) is 11.1 Å². The van der Waals surface area contributed by atoms with E-state index in [-0.39, 0.29) is 30.8 Å². The summed E-state index contributed by atoms with van der Waals surface area (Å²) in [6.45, 7) is -1.43. The van der Waals surface area contributed by atoms with Gasteiger partial charge in [0.25, 0.3) is 0 Å². The Morgan fingerprint density at radius 2 is 1.97 bits per heavy atom. The van der Waals surface area contributed by atoms with Crippen molar-refractivity contribution < 1.29 is 31.9 Å². The number of rotatable bonds is 6. The molecule has 0 atom stereocenters. The topological polar surface area (TPSA) is 139 Å². The lowest BCUT2D eigenvalue weighted by Crippen LogP contribution is -2.48. The van der Waals surface area contributed by atoms with Crippen LogP contribution >= 0.6 is 0 Å². The molecule has 4 N–H and O–H groups in total. The third-order valence-electron chi connectivity index (χ3n) is 4.07. The number of guanidine groups is 1. The van der Waals surface area contributed by atoms with E-state index < -0.39 is 30.7 Å². The van der Waals surface area contributed by atoms with Crippen molar-refractivity contribution in [2.75, 3.05) is 24.6 Å². The number of carbonyl (C=O) groups is 1. The number of nitrogens with one attached hydrogen (secondary N) is 2. The first-order valence-electron chi connectivity index (χ1n) is 8.99. The van der Waals surface area contributed by atoms with Gasteiger partial charge in [-0.15, -0.1) is 0 Å². The number of halogens is 4. The molecule has 0 spiro atoms. The maximum Gasteiger partial charge on any atom is 0.425 e. The highest BCUT2D eigenvalue weighted by Crippen LogP contribution is 2.26. The lowest BCUT2D eigenvalue weighted by Gasteiger charge is -2.31. The molecular weight excluding hydrogens is 438 g/mol. The molecule has 0 aliphatic carbocycles. The van der Waals surface area contributed by atoms with E-state index in [4.69, 9.17) is 15.9 Å². The number of alkyl halides is 3. The average molecular weight is 455 g/mol. The molecule has 14 heteroatoms. The molecule has 1 aliphatic rings. The van der Waals surface area contributed by atoms with E-state index in [0.29, 0.717) is 17.2 Å². The van der Waals surface area contributed by atoms with Crippen LogP contribution in [-0.2, 0) is 16.2 Å². The second-order valence-corrected chi connectivity index (χ2v) is 6.57. The van der Waals surface area contributed by atoms with E-state index in [9.17, 15) is 22.4 Å². The summed E-state index contributed by atoms with van der Waals surface area (Å²) in [7, 11) is 0. The summed E-state index contributed by atoms with van der Waals surface area (Å²) < 4.78 is 55.7. The molecule has 0 saturated carbocycles. The zero-order valence-electron chi connectivity index (χ0n) is 16.3. The van der Waals surface area contributed by atoms with Gasteiger partial charge in [0.15, 0.2) is 5.96 Å². The van der Waals surface area contributed by atoms with Crippen LogP contribution in [0.3, 0.4) is 0 Å². The molecule has 3 rings (SSSR count). The number of carbonyl (C=O) groups excluding carboxylic acids is 1. The standard InChI is InChI=1S/C18H17F4N7O3/c19-14-10(8-31-17(30)27-15(23)24)2-1-3-13(14)11-4-25-16(26-5-11)29-6-12(7-29)28-32-9-18(20,21)22/h1-5H,6-9H2,(H4,23,24,27,30). The largest absolute Gasteiger partial charge is 0.444 e. The van der Waals surface area contributed by atoms with Gasteiger partial charge in [-0.2, -0.15) is 13.2 Å². The fraction of sp³-hybridized carbons (Fsp3) is 0.278. The van der Waals surface area contributed by atoms with E-state index in [0.717, 1.165) is 0 Å². The van der Waals surface area contributed by atoms with E-state index in [2.05, 4.69) is 20.0 Å². The number of benzene rings is 1. The highest BCUT2D eigenvalue weighted by molar-refractivity contribution is 5.98. The number of hydrogen-bond donors (Lipinski definition) is 3. The monoisotopic (exact) mass is 455 g/mol. The van der Waals surface area contributed by atoms with Gasteiger partial charge in [0.2, 0.25) is 12.6 Å². The molecule has 32 heavy (non-hydrogen) atoms. The first-order valence-corrected chi connectivity index (χ1v) is 8.99. The second kappa shape index (κ2) is 9.45. The molecule has 10 nitrogen and oxygen atoms in total.